The van der Waals surface area contributed by atoms with Crippen LogP contribution in [-0.2, 0) is 0 Å². The summed E-state index contributed by atoms with van der Waals surface area (Å²) in [6.45, 7) is 0. The average molecular weight is 214 g/mol. The molecule has 0 saturated carbocycles. The molecule has 0 amide bonds. The van der Waals surface area contributed by atoms with Crippen LogP contribution in [-0.4, -0.2) is 16.8 Å². The molecular formula is C12H17B2P. The Labute approximate surface area is 97.0 Å². The van der Waals surface area contributed by atoms with E-state index in [0.29, 0.717) is 0 Å². The molecule has 0 heterocycles. The maximum Gasteiger partial charge on any atom is 0.0814 e. The molecule has 0 aliphatic carbocycles. The first-order valence-corrected chi connectivity index (χ1v) is 5.32. The molecule has 0 atom stereocenters. The van der Waals surface area contributed by atoms with Gasteiger partial charge >= 0.3 is 0 Å². The Morgan fingerprint density at radius 3 is 1.20 bits per heavy atom. The van der Waals surface area contributed by atoms with Crippen molar-refractivity contribution in [1.29, 1.82) is 0 Å². The van der Waals surface area contributed by atoms with Crippen LogP contribution < -0.4 is 10.6 Å². The minimum Gasteiger partial charge on any atom is -0.0622 e. The molecule has 0 aliphatic rings. The smallest absolute Gasteiger partial charge is 0.0622 e. The minimum absolute atomic E-state index is 0. The summed E-state index contributed by atoms with van der Waals surface area (Å²) in [4.78, 5) is 0. The molecule has 0 nitrogen and oxygen atoms in total. The van der Waals surface area contributed by atoms with Gasteiger partial charge in [-0.1, -0.05) is 69.2 Å². The van der Waals surface area contributed by atoms with Crippen molar-refractivity contribution in [3.05, 3.63) is 60.7 Å². The summed E-state index contributed by atoms with van der Waals surface area (Å²) in [5, 5.41) is 2.79. The topological polar surface area (TPSA) is 0 Å². The van der Waals surface area contributed by atoms with Gasteiger partial charge in [-0.25, -0.2) is 0 Å². The fourth-order valence-electron chi connectivity index (χ4n) is 1.21. The molecule has 15 heavy (non-hydrogen) atoms. The molecule has 0 N–H and O–H groups in total. The molecule has 0 aliphatic heterocycles. The number of hydrogen-bond acceptors (Lipinski definition) is 0. The van der Waals surface area contributed by atoms with Gasteiger partial charge in [0.15, 0.2) is 0 Å². The zero-order valence-corrected chi connectivity index (χ0v) is 8.27. The van der Waals surface area contributed by atoms with E-state index < -0.39 is 0 Å². The highest BCUT2D eigenvalue weighted by molar-refractivity contribution is 7.55. The van der Waals surface area contributed by atoms with Crippen LogP contribution in [0.1, 0.15) is 0 Å². The third kappa shape index (κ3) is 4.36. The molecule has 76 valence electrons. The van der Waals surface area contributed by atoms with Crippen molar-refractivity contribution >= 4 is 36.0 Å². The lowest BCUT2D eigenvalue weighted by atomic mass is 10.4. The third-order valence-electron chi connectivity index (χ3n) is 1.84. The van der Waals surface area contributed by atoms with E-state index in [1.807, 2.05) is 0 Å². The van der Waals surface area contributed by atoms with Crippen molar-refractivity contribution in [3.8, 4) is 0 Å². The van der Waals surface area contributed by atoms with E-state index in [1.54, 1.807) is 0 Å². The fraction of sp³-hybridized carbons (Fsp3) is 0. The standard InChI is InChI=1S/C12H11P.2BH3/c1-3-7-11(8-4-1)13-12-9-5-2-6-10-12;;/h1-10,13H;2*1H3. The first kappa shape index (κ1) is 14.0. The van der Waals surface area contributed by atoms with Crippen molar-refractivity contribution in [1.82, 2.24) is 0 Å². The third-order valence-corrected chi connectivity index (χ3v) is 3.08. The predicted octanol–water partition coefficient (Wildman–Crippen LogP) is -0.0519. The number of rotatable bonds is 2. The predicted molar refractivity (Wildman–Crippen MR) is 80.3 cm³/mol. The summed E-state index contributed by atoms with van der Waals surface area (Å²) in [6, 6.07) is 21.2. The zero-order chi connectivity index (χ0) is 8.93. The number of hydrogen-bond donors (Lipinski definition) is 0. The summed E-state index contributed by atoms with van der Waals surface area (Å²) in [7, 11) is 0.777. The van der Waals surface area contributed by atoms with Crippen LogP contribution in [0.15, 0.2) is 60.7 Å². The van der Waals surface area contributed by atoms with Crippen LogP contribution in [0, 0.1) is 0 Å². The molecule has 2 aromatic rings. The van der Waals surface area contributed by atoms with E-state index in [4.69, 9.17) is 0 Å². The average Bonchev–Trinajstić information content (AvgIpc) is 2.21. The lowest BCUT2D eigenvalue weighted by Crippen LogP contribution is -2.01. The van der Waals surface area contributed by atoms with Crippen molar-refractivity contribution in [2.75, 3.05) is 0 Å². The molecule has 0 spiro atoms. The Bertz CT molecular complexity index is 324. The molecule has 0 saturated heterocycles. The maximum atomic E-state index is 2.17. The summed E-state index contributed by atoms with van der Waals surface area (Å²) >= 11 is 0. The molecule has 0 aromatic heterocycles. The maximum absolute atomic E-state index is 2.17. The van der Waals surface area contributed by atoms with Crippen LogP contribution in [0.25, 0.3) is 0 Å². The van der Waals surface area contributed by atoms with Crippen molar-refractivity contribution < 1.29 is 0 Å². The Morgan fingerprint density at radius 2 is 0.867 bits per heavy atom. The van der Waals surface area contributed by atoms with Gasteiger partial charge in [-0.15, -0.1) is 0 Å². The van der Waals surface area contributed by atoms with Gasteiger partial charge < -0.3 is 0 Å². The van der Waals surface area contributed by atoms with Gasteiger partial charge in [0.25, 0.3) is 0 Å². The Morgan fingerprint density at radius 1 is 0.533 bits per heavy atom. The van der Waals surface area contributed by atoms with E-state index in [0.717, 1.165) is 8.58 Å². The highest BCUT2D eigenvalue weighted by atomic mass is 31.1. The van der Waals surface area contributed by atoms with Gasteiger partial charge in [0.2, 0.25) is 0 Å². The lowest BCUT2D eigenvalue weighted by Gasteiger charge is -2.00. The number of benzene rings is 2. The van der Waals surface area contributed by atoms with E-state index in [9.17, 15) is 0 Å². The Balaban J connectivity index is 0.000000980. The normalized spacial score (nSPS) is 8.53. The van der Waals surface area contributed by atoms with Gasteiger partial charge in [-0.05, 0) is 10.6 Å². The first-order valence-electron chi connectivity index (χ1n) is 4.32. The molecule has 2 aromatic carbocycles. The second kappa shape index (κ2) is 7.31. The lowest BCUT2D eigenvalue weighted by molar-refractivity contribution is 1.76. The van der Waals surface area contributed by atoms with E-state index >= 15 is 0 Å². The SMILES string of the molecule is B.B.c1ccc(Pc2ccccc2)cc1. The van der Waals surface area contributed by atoms with Gasteiger partial charge in [-0.2, -0.15) is 0 Å². The monoisotopic (exact) mass is 214 g/mol. The highest BCUT2D eigenvalue weighted by Gasteiger charge is 1.92. The highest BCUT2D eigenvalue weighted by Crippen LogP contribution is 2.08. The molecular weight excluding hydrogens is 197 g/mol. The Hall–Kier alpha value is -1.00. The molecule has 0 fully saturated rings. The molecule has 0 bridgehead atoms. The van der Waals surface area contributed by atoms with Crippen molar-refractivity contribution in [3.63, 3.8) is 0 Å². The molecule has 0 unspecified atom stereocenters. The molecule has 3 heteroatoms. The van der Waals surface area contributed by atoms with Crippen LogP contribution in [0.3, 0.4) is 0 Å². The van der Waals surface area contributed by atoms with E-state index in [2.05, 4.69) is 60.7 Å². The van der Waals surface area contributed by atoms with Gasteiger partial charge in [0.1, 0.15) is 0 Å². The summed E-state index contributed by atoms with van der Waals surface area (Å²) < 4.78 is 0. The largest absolute Gasteiger partial charge is 0.0814 e. The van der Waals surface area contributed by atoms with Crippen molar-refractivity contribution in [2.45, 2.75) is 0 Å². The molecule has 2 rings (SSSR count). The fourth-order valence-corrected chi connectivity index (χ4v) is 2.26. The van der Waals surface area contributed by atoms with Crippen LogP contribution in [0.2, 0.25) is 0 Å². The zero-order valence-electron chi connectivity index (χ0n) is 7.27. The van der Waals surface area contributed by atoms with Crippen LogP contribution in [0.4, 0.5) is 0 Å². The van der Waals surface area contributed by atoms with Gasteiger partial charge in [-0.3, -0.25) is 0 Å². The summed E-state index contributed by atoms with van der Waals surface area (Å²) in [5.41, 5.74) is 0. The summed E-state index contributed by atoms with van der Waals surface area (Å²) in [6.07, 6.45) is 0. The van der Waals surface area contributed by atoms with Crippen molar-refractivity contribution in [2.24, 2.45) is 0 Å². The summed E-state index contributed by atoms with van der Waals surface area (Å²) in [5.74, 6) is 0. The van der Waals surface area contributed by atoms with Crippen LogP contribution in [0.5, 0.6) is 0 Å². The quantitative estimate of drug-likeness (QED) is 0.485. The second-order valence-electron chi connectivity index (χ2n) is 2.86. The second-order valence-corrected chi connectivity index (χ2v) is 4.26. The van der Waals surface area contributed by atoms with E-state index in [-0.39, 0.29) is 16.8 Å². The van der Waals surface area contributed by atoms with Gasteiger partial charge in [0, 0.05) is 0 Å². The first-order chi connectivity index (χ1) is 6.45. The van der Waals surface area contributed by atoms with Gasteiger partial charge in [0.05, 0.1) is 16.8 Å². The molecule has 0 radical (unpaired) electrons. The van der Waals surface area contributed by atoms with Crippen LogP contribution >= 0.6 is 8.58 Å². The van der Waals surface area contributed by atoms with E-state index in [1.165, 1.54) is 10.6 Å². The minimum atomic E-state index is 0. The Kier molecular flexibility index (Phi) is 6.82.